The number of methoxy groups -OCH3 is 2. The normalized spacial score (nSPS) is 10.1. The zero-order chi connectivity index (χ0) is 13.2. The van der Waals surface area contributed by atoms with Crippen LogP contribution in [-0.2, 0) is 16.1 Å². The molecule has 0 aliphatic heterocycles. The van der Waals surface area contributed by atoms with Gasteiger partial charge in [0.25, 0.3) is 0 Å². The van der Waals surface area contributed by atoms with E-state index in [4.69, 9.17) is 4.74 Å². The van der Waals surface area contributed by atoms with Gasteiger partial charge < -0.3 is 14.8 Å². The number of benzene rings is 1. The van der Waals surface area contributed by atoms with Crippen LogP contribution in [-0.4, -0.2) is 26.7 Å². The SMILES string of the molecule is COC(=O)CCCCNCc1ccc(OC)cc1. The van der Waals surface area contributed by atoms with Crippen LogP contribution in [0, 0.1) is 0 Å². The molecule has 4 nitrogen and oxygen atoms in total. The summed E-state index contributed by atoms with van der Waals surface area (Å²) in [6, 6.07) is 7.99. The summed E-state index contributed by atoms with van der Waals surface area (Å²) in [7, 11) is 3.08. The average Bonchev–Trinajstić information content (AvgIpc) is 2.43. The Bertz CT molecular complexity index is 349. The van der Waals surface area contributed by atoms with Crippen molar-refractivity contribution in [2.24, 2.45) is 0 Å². The third-order valence-corrected chi connectivity index (χ3v) is 2.70. The number of rotatable bonds is 8. The molecule has 0 radical (unpaired) electrons. The van der Waals surface area contributed by atoms with Crippen LogP contribution >= 0.6 is 0 Å². The summed E-state index contributed by atoms with van der Waals surface area (Å²) in [5, 5.41) is 3.34. The highest BCUT2D eigenvalue weighted by molar-refractivity contribution is 5.68. The summed E-state index contributed by atoms with van der Waals surface area (Å²) in [5.74, 6) is 0.738. The van der Waals surface area contributed by atoms with Crippen LogP contribution in [0.1, 0.15) is 24.8 Å². The molecule has 100 valence electrons. The summed E-state index contributed by atoms with van der Waals surface area (Å²) in [6.45, 7) is 1.74. The first kappa shape index (κ1) is 14.5. The van der Waals surface area contributed by atoms with Crippen molar-refractivity contribution in [2.75, 3.05) is 20.8 Å². The fourth-order valence-electron chi connectivity index (χ4n) is 1.60. The Hall–Kier alpha value is -1.55. The molecule has 0 aliphatic carbocycles. The van der Waals surface area contributed by atoms with Gasteiger partial charge in [0, 0.05) is 13.0 Å². The number of hydrogen-bond acceptors (Lipinski definition) is 4. The van der Waals surface area contributed by atoms with E-state index in [2.05, 4.69) is 10.1 Å². The molecule has 0 saturated carbocycles. The fourth-order valence-corrected chi connectivity index (χ4v) is 1.60. The molecule has 0 unspecified atom stereocenters. The Balaban J connectivity index is 2.08. The van der Waals surface area contributed by atoms with E-state index < -0.39 is 0 Å². The van der Waals surface area contributed by atoms with Gasteiger partial charge in [-0.05, 0) is 37.1 Å². The van der Waals surface area contributed by atoms with Gasteiger partial charge in [-0.25, -0.2) is 0 Å². The van der Waals surface area contributed by atoms with E-state index in [0.29, 0.717) is 6.42 Å². The molecule has 0 saturated heterocycles. The number of unbranched alkanes of at least 4 members (excludes halogenated alkanes) is 1. The second-order valence-corrected chi connectivity index (χ2v) is 4.06. The summed E-state index contributed by atoms with van der Waals surface area (Å²) < 4.78 is 9.67. The molecule has 1 rings (SSSR count). The molecule has 1 aromatic carbocycles. The van der Waals surface area contributed by atoms with Crippen molar-refractivity contribution in [3.05, 3.63) is 29.8 Å². The van der Waals surface area contributed by atoms with Crippen LogP contribution in [0.4, 0.5) is 0 Å². The molecule has 0 aliphatic rings. The topological polar surface area (TPSA) is 47.6 Å². The lowest BCUT2D eigenvalue weighted by atomic mass is 10.2. The number of carbonyl (C=O) groups excluding carboxylic acids is 1. The van der Waals surface area contributed by atoms with Gasteiger partial charge in [-0.15, -0.1) is 0 Å². The van der Waals surface area contributed by atoms with E-state index in [1.165, 1.54) is 12.7 Å². The van der Waals surface area contributed by atoms with Gasteiger partial charge in [0.1, 0.15) is 5.75 Å². The van der Waals surface area contributed by atoms with Crippen molar-refractivity contribution < 1.29 is 14.3 Å². The van der Waals surface area contributed by atoms with Crippen LogP contribution < -0.4 is 10.1 Å². The summed E-state index contributed by atoms with van der Waals surface area (Å²) in [6.07, 6.45) is 2.34. The lowest BCUT2D eigenvalue weighted by Gasteiger charge is -2.05. The van der Waals surface area contributed by atoms with Crippen LogP contribution in [0.3, 0.4) is 0 Å². The lowest BCUT2D eigenvalue weighted by molar-refractivity contribution is -0.140. The third kappa shape index (κ3) is 5.68. The molecular formula is C14H21NO3. The van der Waals surface area contributed by atoms with Gasteiger partial charge in [0.15, 0.2) is 0 Å². The maximum absolute atomic E-state index is 10.9. The van der Waals surface area contributed by atoms with Crippen LogP contribution in [0.2, 0.25) is 0 Å². The predicted molar refractivity (Wildman–Crippen MR) is 70.6 cm³/mol. The van der Waals surface area contributed by atoms with Crippen LogP contribution in [0.5, 0.6) is 5.75 Å². The van der Waals surface area contributed by atoms with Gasteiger partial charge in [0.05, 0.1) is 14.2 Å². The van der Waals surface area contributed by atoms with Gasteiger partial charge in [-0.3, -0.25) is 4.79 Å². The molecule has 0 spiro atoms. The zero-order valence-corrected chi connectivity index (χ0v) is 11.1. The standard InChI is InChI=1S/C14H21NO3/c1-17-13-8-6-12(7-9-13)11-15-10-4-3-5-14(16)18-2/h6-9,15H,3-5,10-11H2,1-2H3. The Morgan fingerprint density at radius 3 is 2.50 bits per heavy atom. The van der Waals surface area contributed by atoms with E-state index in [1.54, 1.807) is 7.11 Å². The van der Waals surface area contributed by atoms with Crippen LogP contribution in [0.25, 0.3) is 0 Å². The molecule has 0 atom stereocenters. The molecule has 0 amide bonds. The zero-order valence-electron chi connectivity index (χ0n) is 11.1. The Kier molecular flexibility index (Phi) is 6.87. The second kappa shape index (κ2) is 8.53. The van der Waals surface area contributed by atoms with Crippen molar-refractivity contribution in [1.29, 1.82) is 0 Å². The third-order valence-electron chi connectivity index (χ3n) is 2.70. The highest BCUT2D eigenvalue weighted by Gasteiger charge is 1.99. The van der Waals surface area contributed by atoms with E-state index in [-0.39, 0.29) is 5.97 Å². The number of carbonyl (C=O) groups is 1. The molecule has 1 aromatic rings. The fraction of sp³-hybridized carbons (Fsp3) is 0.500. The van der Waals surface area contributed by atoms with Crippen molar-refractivity contribution in [2.45, 2.75) is 25.8 Å². The predicted octanol–water partition coefficient (Wildman–Crippen LogP) is 2.13. The highest BCUT2D eigenvalue weighted by atomic mass is 16.5. The highest BCUT2D eigenvalue weighted by Crippen LogP contribution is 2.10. The minimum atomic E-state index is -0.134. The largest absolute Gasteiger partial charge is 0.497 e. The van der Waals surface area contributed by atoms with Gasteiger partial charge in [0.2, 0.25) is 0 Å². The number of ether oxygens (including phenoxy) is 2. The van der Waals surface area contributed by atoms with Gasteiger partial charge in [-0.2, -0.15) is 0 Å². The first-order valence-electron chi connectivity index (χ1n) is 6.16. The smallest absolute Gasteiger partial charge is 0.305 e. The van der Waals surface area contributed by atoms with Crippen LogP contribution in [0.15, 0.2) is 24.3 Å². The van der Waals surface area contributed by atoms with E-state index in [0.717, 1.165) is 31.7 Å². The van der Waals surface area contributed by atoms with E-state index >= 15 is 0 Å². The minimum Gasteiger partial charge on any atom is -0.497 e. The Morgan fingerprint density at radius 1 is 1.17 bits per heavy atom. The average molecular weight is 251 g/mol. The maximum Gasteiger partial charge on any atom is 0.305 e. The molecule has 18 heavy (non-hydrogen) atoms. The summed E-state index contributed by atoms with van der Waals surface area (Å²) in [4.78, 5) is 10.9. The molecular weight excluding hydrogens is 230 g/mol. The maximum atomic E-state index is 10.9. The van der Waals surface area contributed by atoms with E-state index in [1.807, 2.05) is 24.3 Å². The van der Waals surface area contributed by atoms with Gasteiger partial charge >= 0.3 is 5.97 Å². The first-order valence-corrected chi connectivity index (χ1v) is 6.16. The number of esters is 1. The Labute approximate surface area is 108 Å². The minimum absolute atomic E-state index is 0.134. The Morgan fingerprint density at radius 2 is 1.89 bits per heavy atom. The van der Waals surface area contributed by atoms with Gasteiger partial charge in [-0.1, -0.05) is 12.1 Å². The first-order chi connectivity index (χ1) is 8.76. The molecule has 0 bridgehead atoms. The quantitative estimate of drug-likeness (QED) is 0.568. The second-order valence-electron chi connectivity index (χ2n) is 4.06. The number of nitrogens with one attached hydrogen (secondary N) is 1. The molecule has 4 heteroatoms. The molecule has 0 fully saturated rings. The monoisotopic (exact) mass is 251 g/mol. The van der Waals surface area contributed by atoms with Crippen molar-refractivity contribution >= 4 is 5.97 Å². The van der Waals surface area contributed by atoms with Crippen molar-refractivity contribution in [1.82, 2.24) is 5.32 Å². The summed E-state index contributed by atoms with van der Waals surface area (Å²) in [5.41, 5.74) is 1.23. The van der Waals surface area contributed by atoms with Crippen molar-refractivity contribution in [3.8, 4) is 5.75 Å². The molecule has 0 heterocycles. The number of hydrogen-bond donors (Lipinski definition) is 1. The van der Waals surface area contributed by atoms with Crippen molar-refractivity contribution in [3.63, 3.8) is 0 Å². The molecule has 1 N–H and O–H groups in total. The molecule has 0 aromatic heterocycles. The van der Waals surface area contributed by atoms with E-state index in [9.17, 15) is 4.79 Å². The lowest BCUT2D eigenvalue weighted by Crippen LogP contribution is -2.15. The summed E-state index contributed by atoms with van der Waals surface area (Å²) >= 11 is 0.